The molecule has 0 spiro atoms. The van der Waals surface area contributed by atoms with Gasteiger partial charge in [0.05, 0.1) is 37.6 Å². The summed E-state index contributed by atoms with van der Waals surface area (Å²) in [5, 5.41) is 38.8. The Hall–Kier alpha value is -4.75. The number of pyridine rings is 1. The molecule has 4 N–H and O–H groups in total. The molecule has 0 aliphatic rings. The van der Waals surface area contributed by atoms with E-state index in [-0.39, 0.29) is 23.6 Å². The highest BCUT2D eigenvalue weighted by molar-refractivity contribution is 7.98. The molecule has 4 aromatic rings. The number of rotatable bonds is 11. The van der Waals surface area contributed by atoms with E-state index >= 15 is 0 Å². The Morgan fingerprint density at radius 1 is 1.02 bits per heavy atom. The molecule has 0 amide bonds. The highest BCUT2D eigenvalue weighted by atomic mass is 32.2. The number of hydrogen-bond acceptors (Lipinski definition) is 12. The summed E-state index contributed by atoms with van der Waals surface area (Å²) in [5.74, 6) is 2.89. The predicted molar refractivity (Wildman–Crippen MR) is 151 cm³/mol. The van der Waals surface area contributed by atoms with Crippen LogP contribution in [0.5, 0.6) is 17.2 Å². The minimum Gasteiger partial charge on any atom is -0.497 e. The third-order valence-corrected chi connectivity index (χ3v) is 7.07. The third kappa shape index (κ3) is 6.36. The van der Waals surface area contributed by atoms with Crippen LogP contribution in [0.4, 0.5) is 5.82 Å². The monoisotopic (exact) mass is 573 g/mol. The molecule has 0 radical (unpaired) electrons. The molecule has 12 heteroatoms. The van der Waals surface area contributed by atoms with Crippen LogP contribution in [-0.4, -0.2) is 53.7 Å². The van der Waals surface area contributed by atoms with E-state index in [1.165, 1.54) is 11.8 Å². The van der Waals surface area contributed by atoms with Gasteiger partial charge in [-0.1, -0.05) is 23.9 Å². The molecule has 41 heavy (non-hydrogen) atoms. The predicted octanol–water partition coefficient (Wildman–Crippen LogP) is 4.08. The van der Waals surface area contributed by atoms with Gasteiger partial charge >= 0.3 is 0 Å². The molecule has 2 aromatic heterocycles. The average Bonchev–Trinajstić information content (AvgIpc) is 3.38. The van der Waals surface area contributed by atoms with Crippen molar-refractivity contribution < 1.29 is 28.8 Å². The number of aromatic nitrogens is 2. The number of aryl methyl sites for hydroxylation is 1. The Morgan fingerprint density at radius 2 is 1.73 bits per heavy atom. The molecule has 0 aliphatic carbocycles. The number of nitrogens with zero attached hydrogens (tertiary/aromatic N) is 4. The Kier molecular flexibility index (Phi) is 9.32. The fraction of sp³-hybridized carbons (Fsp3) is 0.241. The molecule has 0 unspecified atom stereocenters. The second kappa shape index (κ2) is 13.1. The van der Waals surface area contributed by atoms with Gasteiger partial charge in [0.1, 0.15) is 64.3 Å². The number of nitrogen functional groups attached to an aromatic ring is 1. The van der Waals surface area contributed by atoms with Crippen molar-refractivity contribution in [3.63, 3.8) is 0 Å². The van der Waals surface area contributed by atoms with Gasteiger partial charge in [0.15, 0.2) is 0 Å². The number of anilines is 1. The maximum absolute atomic E-state index is 10.1. The van der Waals surface area contributed by atoms with Gasteiger partial charge in [0.2, 0.25) is 5.89 Å². The van der Waals surface area contributed by atoms with Crippen molar-refractivity contribution in [1.82, 2.24) is 9.97 Å². The maximum atomic E-state index is 10.1. The first-order valence-electron chi connectivity index (χ1n) is 12.3. The van der Waals surface area contributed by atoms with Gasteiger partial charge in [0.25, 0.3) is 0 Å². The average molecular weight is 574 g/mol. The number of oxazole rings is 1. The van der Waals surface area contributed by atoms with Gasteiger partial charge in [-0.25, -0.2) is 9.97 Å². The van der Waals surface area contributed by atoms with Crippen LogP contribution in [0.25, 0.3) is 22.6 Å². The van der Waals surface area contributed by atoms with E-state index in [1.54, 1.807) is 63.6 Å². The molecule has 210 valence electrons. The van der Waals surface area contributed by atoms with E-state index in [0.717, 1.165) is 0 Å². The van der Waals surface area contributed by atoms with E-state index < -0.39 is 12.7 Å². The molecule has 4 rings (SSSR count). The molecule has 0 bridgehead atoms. The summed E-state index contributed by atoms with van der Waals surface area (Å²) in [6.45, 7) is 1.29. The van der Waals surface area contributed by atoms with Gasteiger partial charge in [-0.05, 0) is 42.8 Å². The first kappa shape index (κ1) is 29.2. The summed E-state index contributed by atoms with van der Waals surface area (Å²) in [7, 11) is 3.13. The summed E-state index contributed by atoms with van der Waals surface area (Å²) in [4.78, 5) is 9.01. The molecule has 0 saturated heterocycles. The van der Waals surface area contributed by atoms with Gasteiger partial charge in [-0.15, -0.1) is 0 Å². The number of benzene rings is 2. The van der Waals surface area contributed by atoms with Crippen LogP contribution in [0.3, 0.4) is 0 Å². The quantitative estimate of drug-likeness (QED) is 0.219. The number of ether oxygens (including phenoxy) is 3. The Bertz CT molecular complexity index is 1620. The lowest BCUT2D eigenvalue weighted by atomic mass is 9.97. The number of methoxy groups -OCH3 is 2. The second-order valence-electron chi connectivity index (χ2n) is 8.70. The summed E-state index contributed by atoms with van der Waals surface area (Å²) in [6.07, 6.45) is -1.01. The molecular weight excluding hydrogens is 546 g/mol. The first-order chi connectivity index (χ1) is 19.8. The number of nitriles is 2. The van der Waals surface area contributed by atoms with Crippen molar-refractivity contribution in [1.29, 1.82) is 10.5 Å². The van der Waals surface area contributed by atoms with Crippen molar-refractivity contribution >= 4 is 17.6 Å². The van der Waals surface area contributed by atoms with E-state index in [1.807, 2.05) is 0 Å². The van der Waals surface area contributed by atoms with Gasteiger partial charge in [-0.3, -0.25) is 0 Å². The smallest absolute Gasteiger partial charge is 0.230 e. The standard InChI is InChI=1S/C29H27N5O6S/c1-16-24(33-28(40-16)21-10-20(37-2)8-9-25(21)38-3)15-41-29-23(12-31)26(22(11-30)27(32)34-29)17-4-6-19(7-5-17)39-14-18(36)13-35/h4-10,18,35-36H,13-15H2,1-3H3,(H2,32,34)/t18-/m1/s1. The van der Waals surface area contributed by atoms with Gasteiger partial charge in [0, 0.05) is 11.3 Å². The lowest BCUT2D eigenvalue weighted by Crippen LogP contribution is -2.21. The molecule has 1 atom stereocenters. The topological polar surface area (TPSA) is 181 Å². The highest BCUT2D eigenvalue weighted by Crippen LogP contribution is 2.39. The lowest BCUT2D eigenvalue weighted by Gasteiger charge is -2.14. The Morgan fingerprint density at radius 3 is 2.37 bits per heavy atom. The van der Waals surface area contributed by atoms with Gasteiger partial charge in [-0.2, -0.15) is 10.5 Å². The normalized spacial score (nSPS) is 11.4. The largest absolute Gasteiger partial charge is 0.497 e. The Balaban J connectivity index is 1.65. The SMILES string of the molecule is COc1ccc(OC)c(-c2nc(CSc3nc(N)c(C#N)c(-c4ccc(OC[C@H](O)CO)cc4)c3C#N)c(C)o2)c1. The van der Waals surface area contributed by atoms with E-state index in [9.17, 15) is 15.6 Å². The van der Waals surface area contributed by atoms with Crippen LogP contribution in [0.2, 0.25) is 0 Å². The molecule has 0 aliphatic heterocycles. The third-order valence-electron chi connectivity index (χ3n) is 6.09. The molecule has 0 fully saturated rings. The second-order valence-corrected chi connectivity index (χ2v) is 9.66. The fourth-order valence-corrected chi connectivity index (χ4v) is 4.95. The molecule has 0 saturated carbocycles. The van der Waals surface area contributed by atoms with Crippen molar-refractivity contribution in [2.24, 2.45) is 0 Å². The zero-order valence-electron chi connectivity index (χ0n) is 22.5. The molecule has 11 nitrogen and oxygen atoms in total. The minimum atomic E-state index is -1.01. The van der Waals surface area contributed by atoms with Crippen molar-refractivity contribution in [2.45, 2.75) is 23.8 Å². The maximum Gasteiger partial charge on any atom is 0.230 e. The first-order valence-corrected chi connectivity index (χ1v) is 13.3. The number of thioether (sulfide) groups is 1. The summed E-state index contributed by atoms with van der Waals surface area (Å²) in [6, 6.07) is 16.2. The number of hydrogen-bond donors (Lipinski definition) is 3. The van der Waals surface area contributed by atoms with Crippen molar-refractivity contribution in [3.8, 4) is 52.0 Å². The summed E-state index contributed by atoms with van der Waals surface area (Å²) >= 11 is 1.25. The zero-order chi connectivity index (χ0) is 29.5. The van der Waals surface area contributed by atoms with Gasteiger partial charge < -0.3 is 34.6 Å². The molecule has 2 aromatic carbocycles. The van der Waals surface area contributed by atoms with Crippen LogP contribution < -0.4 is 19.9 Å². The number of nitrogens with two attached hydrogens (primary N) is 1. The highest BCUT2D eigenvalue weighted by Gasteiger charge is 2.22. The summed E-state index contributed by atoms with van der Waals surface area (Å²) in [5.41, 5.74) is 8.63. The van der Waals surface area contributed by atoms with E-state index in [0.29, 0.717) is 62.1 Å². The zero-order valence-corrected chi connectivity index (χ0v) is 23.4. The minimum absolute atomic E-state index is 0.00549. The Labute approximate surface area is 240 Å². The van der Waals surface area contributed by atoms with Crippen LogP contribution in [-0.2, 0) is 5.75 Å². The summed E-state index contributed by atoms with van der Waals surface area (Å²) < 4.78 is 22.2. The van der Waals surface area contributed by atoms with E-state index in [2.05, 4.69) is 22.1 Å². The van der Waals surface area contributed by atoms with Crippen LogP contribution in [0.15, 0.2) is 51.9 Å². The van der Waals surface area contributed by atoms with Crippen molar-refractivity contribution in [2.75, 3.05) is 33.2 Å². The van der Waals surface area contributed by atoms with Crippen LogP contribution >= 0.6 is 11.8 Å². The molecular formula is C29H27N5O6S. The lowest BCUT2D eigenvalue weighted by molar-refractivity contribution is 0.0536. The molecule has 2 heterocycles. The van der Waals surface area contributed by atoms with E-state index in [4.69, 9.17) is 29.5 Å². The van der Waals surface area contributed by atoms with Crippen molar-refractivity contribution in [3.05, 3.63) is 65.0 Å². The fourth-order valence-electron chi connectivity index (χ4n) is 3.95. The van der Waals surface area contributed by atoms with Crippen LogP contribution in [0.1, 0.15) is 22.6 Å². The number of aliphatic hydroxyl groups is 2. The number of aliphatic hydroxyl groups excluding tert-OH is 2. The van der Waals surface area contributed by atoms with Crippen LogP contribution in [0, 0.1) is 29.6 Å².